The molecule has 0 spiro atoms. The molecule has 1 atom stereocenters. The summed E-state index contributed by atoms with van der Waals surface area (Å²) >= 11 is 0. The van der Waals surface area contributed by atoms with Crippen LogP contribution in [-0.2, 0) is 10.0 Å². The van der Waals surface area contributed by atoms with Crippen LogP contribution in [0.5, 0.6) is 0 Å². The predicted molar refractivity (Wildman–Crippen MR) is 96.8 cm³/mol. The second kappa shape index (κ2) is 6.98. The molecule has 2 aromatic rings. The zero-order chi connectivity index (χ0) is 18.0. The second-order valence-electron chi connectivity index (χ2n) is 6.38. The number of likely N-dealkylation sites (tertiary alicyclic amines) is 1. The first kappa shape index (κ1) is 17.6. The average Bonchev–Trinajstić information content (AvgIpc) is 3.11. The van der Waals surface area contributed by atoms with Crippen molar-refractivity contribution < 1.29 is 13.2 Å². The Morgan fingerprint density at radius 2 is 1.80 bits per heavy atom. The minimum atomic E-state index is -3.56. The van der Waals surface area contributed by atoms with Crippen molar-refractivity contribution in [2.75, 3.05) is 20.6 Å². The molecule has 5 nitrogen and oxygen atoms in total. The Morgan fingerprint density at radius 1 is 1.08 bits per heavy atom. The summed E-state index contributed by atoms with van der Waals surface area (Å²) in [6, 6.07) is 16.3. The van der Waals surface area contributed by atoms with Gasteiger partial charge in [0.1, 0.15) is 0 Å². The van der Waals surface area contributed by atoms with Crippen molar-refractivity contribution in [2.45, 2.75) is 23.8 Å². The minimum absolute atomic E-state index is 0.0443. The summed E-state index contributed by atoms with van der Waals surface area (Å²) in [5.41, 5.74) is 1.52. The van der Waals surface area contributed by atoms with Crippen LogP contribution in [0.15, 0.2) is 59.5 Å². The quantitative estimate of drug-likeness (QED) is 0.844. The predicted octanol–water partition coefficient (Wildman–Crippen LogP) is 2.91. The van der Waals surface area contributed by atoms with Gasteiger partial charge in [0.2, 0.25) is 10.0 Å². The van der Waals surface area contributed by atoms with E-state index >= 15 is 0 Å². The molecule has 3 rings (SSSR count). The largest absolute Gasteiger partial charge is 0.332 e. The number of carbonyl (C=O) groups is 1. The third kappa shape index (κ3) is 3.45. The standard InChI is InChI=1S/C19H22N2O3S/c1-20(2)25(23,24)17-11-6-10-16(14-17)19(22)21-13-7-12-18(21)15-8-4-3-5-9-15/h3-6,8-11,14,18H,7,12-13H2,1-2H3/t18-/m1/s1. The van der Waals surface area contributed by atoms with Gasteiger partial charge in [-0.25, -0.2) is 12.7 Å². The fourth-order valence-corrected chi connectivity index (χ4v) is 4.15. The number of carbonyl (C=O) groups excluding carboxylic acids is 1. The normalized spacial score (nSPS) is 17.9. The van der Waals surface area contributed by atoms with E-state index in [1.165, 1.54) is 26.2 Å². The molecule has 0 saturated carbocycles. The number of amides is 1. The van der Waals surface area contributed by atoms with Crippen molar-refractivity contribution in [3.8, 4) is 0 Å². The maximum absolute atomic E-state index is 13.0. The van der Waals surface area contributed by atoms with Gasteiger partial charge in [0, 0.05) is 26.2 Å². The lowest BCUT2D eigenvalue weighted by atomic mass is 10.0. The summed E-state index contributed by atoms with van der Waals surface area (Å²) in [7, 11) is -0.596. The first-order chi connectivity index (χ1) is 11.9. The van der Waals surface area contributed by atoms with Crippen LogP contribution in [0, 0.1) is 0 Å². The SMILES string of the molecule is CN(C)S(=O)(=O)c1cccc(C(=O)N2CCC[C@@H]2c2ccccc2)c1. The van der Waals surface area contributed by atoms with Crippen LogP contribution in [0.1, 0.15) is 34.8 Å². The first-order valence-electron chi connectivity index (χ1n) is 8.30. The van der Waals surface area contributed by atoms with Crippen LogP contribution in [0.25, 0.3) is 0 Å². The molecule has 1 fully saturated rings. The van der Waals surface area contributed by atoms with Crippen LogP contribution >= 0.6 is 0 Å². The van der Waals surface area contributed by atoms with Gasteiger partial charge in [0.05, 0.1) is 10.9 Å². The van der Waals surface area contributed by atoms with Crippen LogP contribution in [0.2, 0.25) is 0 Å². The van der Waals surface area contributed by atoms with E-state index in [0.29, 0.717) is 12.1 Å². The molecule has 0 aromatic heterocycles. The molecule has 132 valence electrons. The van der Waals surface area contributed by atoms with Gasteiger partial charge in [-0.3, -0.25) is 4.79 Å². The van der Waals surface area contributed by atoms with Gasteiger partial charge < -0.3 is 4.90 Å². The highest BCUT2D eigenvalue weighted by Crippen LogP contribution is 2.33. The molecule has 1 aliphatic rings. The van der Waals surface area contributed by atoms with Crippen LogP contribution in [0.4, 0.5) is 0 Å². The molecule has 0 unspecified atom stereocenters. The number of rotatable bonds is 4. The van der Waals surface area contributed by atoms with Gasteiger partial charge in [0.15, 0.2) is 0 Å². The average molecular weight is 358 g/mol. The third-order valence-electron chi connectivity index (χ3n) is 4.56. The number of nitrogens with zero attached hydrogens (tertiary/aromatic N) is 2. The Morgan fingerprint density at radius 3 is 2.48 bits per heavy atom. The van der Waals surface area contributed by atoms with Crippen molar-refractivity contribution in [3.05, 3.63) is 65.7 Å². The van der Waals surface area contributed by atoms with Gasteiger partial charge >= 0.3 is 0 Å². The lowest BCUT2D eigenvalue weighted by Crippen LogP contribution is -2.31. The molecular formula is C19H22N2O3S. The Kier molecular flexibility index (Phi) is 4.92. The van der Waals surface area contributed by atoms with E-state index in [9.17, 15) is 13.2 Å². The minimum Gasteiger partial charge on any atom is -0.332 e. The molecule has 6 heteroatoms. The van der Waals surface area contributed by atoms with Gasteiger partial charge in [-0.15, -0.1) is 0 Å². The maximum Gasteiger partial charge on any atom is 0.254 e. The highest BCUT2D eigenvalue weighted by atomic mass is 32.2. The highest BCUT2D eigenvalue weighted by molar-refractivity contribution is 7.89. The smallest absolute Gasteiger partial charge is 0.254 e. The highest BCUT2D eigenvalue weighted by Gasteiger charge is 2.31. The number of hydrogen-bond acceptors (Lipinski definition) is 3. The first-order valence-corrected chi connectivity index (χ1v) is 9.74. The molecule has 2 aromatic carbocycles. The van der Waals surface area contributed by atoms with E-state index in [4.69, 9.17) is 0 Å². The topological polar surface area (TPSA) is 57.7 Å². The third-order valence-corrected chi connectivity index (χ3v) is 6.37. The van der Waals surface area contributed by atoms with Gasteiger partial charge in [0.25, 0.3) is 5.91 Å². The van der Waals surface area contributed by atoms with E-state index in [-0.39, 0.29) is 16.8 Å². The van der Waals surface area contributed by atoms with E-state index in [0.717, 1.165) is 22.7 Å². The summed E-state index contributed by atoms with van der Waals surface area (Å²) in [5, 5.41) is 0. The molecule has 0 N–H and O–H groups in total. The number of benzene rings is 2. The second-order valence-corrected chi connectivity index (χ2v) is 8.53. The molecule has 1 amide bonds. The molecule has 25 heavy (non-hydrogen) atoms. The van der Waals surface area contributed by atoms with Crippen LogP contribution in [0.3, 0.4) is 0 Å². The van der Waals surface area contributed by atoms with Crippen molar-refractivity contribution in [1.82, 2.24) is 9.21 Å². The summed E-state index contributed by atoms with van der Waals surface area (Å²) in [6.07, 6.45) is 1.87. The van der Waals surface area contributed by atoms with Gasteiger partial charge in [-0.1, -0.05) is 36.4 Å². The molecule has 0 bridgehead atoms. The molecule has 0 aliphatic carbocycles. The van der Waals surface area contributed by atoms with E-state index in [1.807, 2.05) is 35.2 Å². The summed E-state index contributed by atoms with van der Waals surface area (Å²) in [4.78, 5) is 15.0. The number of sulfonamides is 1. The van der Waals surface area contributed by atoms with Crippen LogP contribution < -0.4 is 0 Å². The lowest BCUT2D eigenvalue weighted by molar-refractivity contribution is 0.0735. The molecule has 1 aliphatic heterocycles. The molecule has 0 radical (unpaired) electrons. The molecular weight excluding hydrogens is 336 g/mol. The van der Waals surface area contributed by atoms with E-state index in [1.54, 1.807) is 12.1 Å². The van der Waals surface area contributed by atoms with E-state index in [2.05, 4.69) is 0 Å². The van der Waals surface area contributed by atoms with Crippen molar-refractivity contribution >= 4 is 15.9 Å². The summed E-state index contributed by atoms with van der Waals surface area (Å²) < 4.78 is 25.8. The maximum atomic E-state index is 13.0. The summed E-state index contributed by atoms with van der Waals surface area (Å²) in [5.74, 6) is -0.123. The number of hydrogen-bond donors (Lipinski definition) is 0. The van der Waals surface area contributed by atoms with Gasteiger partial charge in [-0.2, -0.15) is 0 Å². The van der Waals surface area contributed by atoms with Crippen molar-refractivity contribution in [2.24, 2.45) is 0 Å². The molecule has 1 heterocycles. The van der Waals surface area contributed by atoms with E-state index < -0.39 is 10.0 Å². The Hall–Kier alpha value is -2.18. The Balaban J connectivity index is 1.91. The van der Waals surface area contributed by atoms with Gasteiger partial charge in [-0.05, 0) is 36.6 Å². The fraction of sp³-hybridized carbons (Fsp3) is 0.316. The van der Waals surface area contributed by atoms with Crippen molar-refractivity contribution in [1.29, 1.82) is 0 Å². The van der Waals surface area contributed by atoms with Crippen LogP contribution in [-0.4, -0.2) is 44.2 Å². The monoisotopic (exact) mass is 358 g/mol. The lowest BCUT2D eigenvalue weighted by Gasteiger charge is -2.25. The van der Waals surface area contributed by atoms with Crippen molar-refractivity contribution in [3.63, 3.8) is 0 Å². The zero-order valence-corrected chi connectivity index (χ0v) is 15.2. The zero-order valence-electron chi connectivity index (χ0n) is 14.4. The molecule has 1 saturated heterocycles. The summed E-state index contributed by atoms with van der Waals surface area (Å²) in [6.45, 7) is 0.684. The Bertz CT molecular complexity index is 863. The Labute approximate surface area is 148 Å². The fourth-order valence-electron chi connectivity index (χ4n) is 3.20.